The van der Waals surface area contributed by atoms with Crippen LogP contribution in [0.15, 0.2) is 59.6 Å². The molecule has 2 aromatic carbocycles. The van der Waals surface area contributed by atoms with E-state index < -0.39 is 5.91 Å². The van der Waals surface area contributed by atoms with Crippen molar-refractivity contribution in [1.82, 2.24) is 15.0 Å². The molecule has 0 atom stereocenters. The van der Waals surface area contributed by atoms with E-state index in [2.05, 4.69) is 5.43 Å². The zero-order chi connectivity index (χ0) is 19.8. The lowest BCUT2D eigenvalue weighted by Crippen LogP contribution is -2.44. The summed E-state index contributed by atoms with van der Waals surface area (Å²) in [5.41, 5.74) is 4.80. The number of hydrogen-bond donors (Lipinski definition) is 2. The summed E-state index contributed by atoms with van der Waals surface area (Å²) < 4.78 is 2.25. The van der Waals surface area contributed by atoms with Crippen LogP contribution >= 0.6 is 24.0 Å². The smallest absolute Gasteiger partial charge is 0.285 e. The van der Waals surface area contributed by atoms with Crippen LogP contribution in [0.1, 0.15) is 15.9 Å². The molecule has 1 saturated heterocycles. The van der Waals surface area contributed by atoms with Crippen molar-refractivity contribution in [3.05, 3.63) is 70.8 Å². The predicted molar refractivity (Wildman–Crippen MR) is 114 cm³/mol. The molecule has 0 unspecified atom stereocenters. The second kappa shape index (κ2) is 7.14. The van der Waals surface area contributed by atoms with Crippen molar-refractivity contribution in [2.24, 2.45) is 7.05 Å². The van der Waals surface area contributed by atoms with Gasteiger partial charge in [-0.2, -0.15) is 5.01 Å². The molecular weight excluding hydrogens is 394 g/mol. The van der Waals surface area contributed by atoms with Crippen LogP contribution in [-0.2, 0) is 11.8 Å². The number of carbonyl (C=O) groups excluding carboxylic acids is 2. The van der Waals surface area contributed by atoms with Crippen molar-refractivity contribution in [1.29, 1.82) is 0 Å². The Kier molecular flexibility index (Phi) is 4.66. The number of aromatic nitrogens is 1. The van der Waals surface area contributed by atoms with Gasteiger partial charge in [0.15, 0.2) is 4.32 Å². The Bertz CT molecular complexity index is 1150. The number of carbonyl (C=O) groups is 2. The molecule has 0 spiro atoms. The van der Waals surface area contributed by atoms with Gasteiger partial charge in [-0.05, 0) is 48.6 Å². The normalized spacial score (nSPS) is 15.6. The molecule has 3 aromatic rings. The molecular formula is C20H15N3O3S2. The van der Waals surface area contributed by atoms with Gasteiger partial charge < -0.3 is 9.67 Å². The summed E-state index contributed by atoms with van der Waals surface area (Å²) in [4.78, 5) is 25.6. The first-order chi connectivity index (χ1) is 13.4. The quantitative estimate of drug-likeness (QED) is 0.512. The third-order valence-corrected chi connectivity index (χ3v) is 5.65. The zero-order valence-corrected chi connectivity index (χ0v) is 16.4. The van der Waals surface area contributed by atoms with E-state index in [9.17, 15) is 14.7 Å². The minimum absolute atomic E-state index is 0.0557. The van der Waals surface area contributed by atoms with E-state index in [1.165, 1.54) is 24.3 Å². The molecule has 0 radical (unpaired) electrons. The van der Waals surface area contributed by atoms with Crippen LogP contribution in [0.25, 0.3) is 17.0 Å². The van der Waals surface area contributed by atoms with E-state index in [4.69, 9.17) is 12.2 Å². The molecule has 0 aliphatic carbocycles. The van der Waals surface area contributed by atoms with Gasteiger partial charge in [0.25, 0.3) is 11.8 Å². The van der Waals surface area contributed by atoms with E-state index in [-0.39, 0.29) is 16.0 Å². The SMILES string of the molecule is Cn1cc(/C=C2\SC(=S)N(NC(=O)c3ccc(O)cc3)C2=O)c2ccccc21. The fourth-order valence-electron chi connectivity index (χ4n) is 2.97. The second-order valence-corrected chi connectivity index (χ2v) is 7.89. The maximum Gasteiger partial charge on any atom is 0.285 e. The number of aryl methyl sites for hydroxylation is 1. The molecule has 1 aromatic heterocycles. The number of hydrogen-bond acceptors (Lipinski definition) is 5. The summed E-state index contributed by atoms with van der Waals surface area (Å²) in [6.45, 7) is 0. The van der Waals surface area contributed by atoms with Crippen LogP contribution in [0.4, 0.5) is 0 Å². The number of rotatable bonds is 3. The van der Waals surface area contributed by atoms with Crippen LogP contribution in [-0.4, -0.2) is 30.8 Å². The van der Waals surface area contributed by atoms with Crippen molar-refractivity contribution in [2.45, 2.75) is 0 Å². The first-order valence-corrected chi connectivity index (χ1v) is 9.58. The maximum atomic E-state index is 12.8. The Balaban J connectivity index is 1.59. The number of amides is 2. The van der Waals surface area contributed by atoms with Gasteiger partial charge in [-0.15, -0.1) is 0 Å². The van der Waals surface area contributed by atoms with Gasteiger partial charge in [-0.25, -0.2) is 0 Å². The fourth-order valence-corrected chi connectivity index (χ4v) is 4.14. The number of fused-ring (bicyclic) bond motifs is 1. The molecule has 0 saturated carbocycles. The van der Waals surface area contributed by atoms with E-state index in [1.807, 2.05) is 42.1 Å². The minimum Gasteiger partial charge on any atom is -0.508 e. The third kappa shape index (κ3) is 3.28. The highest BCUT2D eigenvalue weighted by Crippen LogP contribution is 2.33. The van der Waals surface area contributed by atoms with Gasteiger partial charge in [-0.3, -0.25) is 15.0 Å². The molecule has 2 amide bonds. The van der Waals surface area contributed by atoms with Gasteiger partial charge in [-0.1, -0.05) is 30.0 Å². The summed E-state index contributed by atoms with van der Waals surface area (Å²) in [7, 11) is 1.95. The van der Waals surface area contributed by atoms with E-state index in [0.717, 1.165) is 33.2 Å². The molecule has 8 heteroatoms. The zero-order valence-electron chi connectivity index (χ0n) is 14.7. The lowest BCUT2D eigenvalue weighted by molar-refractivity contribution is -0.123. The lowest BCUT2D eigenvalue weighted by Gasteiger charge is -2.15. The Hall–Kier alpha value is -3.10. The predicted octanol–water partition coefficient (Wildman–Crippen LogP) is 3.43. The lowest BCUT2D eigenvalue weighted by atomic mass is 10.1. The second-order valence-electron chi connectivity index (χ2n) is 6.22. The highest BCUT2D eigenvalue weighted by Gasteiger charge is 2.34. The average Bonchev–Trinajstić information content (AvgIpc) is 3.14. The Morgan fingerprint density at radius 1 is 1.18 bits per heavy atom. The molecule has 140 valence electrons. The Morgan fingerprint density at radius 3 is 2.64 bits per heavy atom. The van der Waals surface area contributed by atoms with Crippen molar-refractivity contribution >= 4 is 57.1 Å². The van der Waals surface area contributed by atoms with Crippen molar-refractivity contribution in [3.63, 3.8) is 0 Å². The van der Waals surface area contributed by atoms with E-state index in [0.29, 0.717) is 10.5 Å². The van der Waals surface area contributed by atoms with Crippen LogP contribution < -0.4 is 5.43 Å². The highest BCUT2D eigenvalue weighted by molar-refractivity contribution is 8.26. The van der Waals surface area contributed by atoms with Crippen LogP contribution in [0.3, 0.4) is 0 Å². The van der Waals surface area contributed by atoms with Crippen LogP contribution in [0.5, 0.6) is 5.75 Å². The average molecular weight is 409 g/mol. The van der Waals surface area contributed by atoms with Crippen molar-refractivity contribution in [2.75, 3.05) is 0 Å². The first kappa shape index (κ1) is 18.3. The number of benzene rings is 2. The molecule has 28 heavy (non-hydrogen) atoms. The number of phenols is 1. The molecule has 1 fully saturated rings. The number of thioether (sulfide) groups is 1. The topological polar surface area (TPSA) is 74.6 Å². The third-order valence-electron chi connectivity index (χ3n) is 4.35. The highest BCUT2D eigenvalue weighted by atomic mass is 32.2. The summed E-state index contributed by atoms with van der Waals surface area (Å²) in [5.74, 6) is -0.807. The number of para-hydroxylation sites is 1. The standard InChI is InChI=1S/C20H15N3O3S2/c1-22-11-13(15-4-2-3-5-16(15)22)10-17-19(26)23(20(27)28-17)21-18(25)12-6-8-14(24)9-7-12/h2-11,24H,1H3,(H,21,25)/b17-10-. The van der Waals surface area contributed by atoms with Crippen molar-refractivity contribution < 1.29 is 14.7 Å². The van der Waals surface area contributed by atoms with E-state index >= 15 is 0 Å². The molecule has 4 rings (SSSR count). The molecule has 1 aliphatic rings. The van der Waals surface area contributed by atoms with Gasteiger partial charge >= 0.3 is 0 Å². The summed E-state index contributed by atoms with van der Waals surface area (Å²) in [5, 5.41) is 11.4. The van der Waals surface area contributed by atoms with Gasteiger partial charge in [0.2, 0.25) is 0 Å². The van der Waals surface area contributed by atoms with Gasteiger partial charge in [0.1, 0.15) is 5.75 Å². The van der Waals surface area contributed by atoms with Crippen LogP contribution in [0.2, 0.25) is 0 Å². The number of nitrogens with zero attached hydrogens (tertiary/aromatic N) is 2. The number of aromatic hydroxyl groups is 1. The van der Waals surface area contributed by atoms with Gasteiger partial charge in [0.05, 0.1) is 4.91 Å². The molecule has 1 aliphatic heterocycles. The van der Waals surface area contributed by atoms with E-state index in [1.54, 1.807) is 6.08 Å². The molecule has 2 N–H and O–H groups in total. The summed E-state index contributed by atoms with van der Waals surface area (Å²) in [6.07, 6.45) is 3.74. The summed E-state index contributed by atoms with van der Waals surface area (Å²) >= 11 is 6.41. The monoisotopic (exact) mass is 409 g/mol. The largest absolute Gasteiger partial charge is 0.508 e. The number of thiocarbonyl (C=S) groups is 1. The summed E-state index contributed by atoms with van der Waals surface area (Å²) in [6, 6.07) is 13.7. The van der Waals surface area contributed by atoms with Crippen LogP contribution in [0, 0.1) is 0 Å². The fraction of sp³-hybridized carbons (Fsp3) is 0.0500. The van der Waals surface area contributed by atoms with Gasteiger partial charge in [0, 0.05) is 35.3 Å². The Labute approximate surface area is 170 Å². The minimum atomic E-state index is -0.484. The maximum absolute atomic E-state index is 12.8. The number of phenolic OH excluding ortho intramolecular Hbond substituents is 1. The van der Waals surface area contributed by atoms with Crippen molar-refractivity contribution in [3.8, 4) is 5.75 Å². The molecule has 0 bridgehead atoms. The number of hydrazine groups is 1. The molecule has 2 heterocycles. The molecule has 6 nitrogen and oxygen atoms in total. The first-order valence-electron chi connectivity index (χ1n) is 8.36. The Morgan fingerprint density at radius 2 is 1.89 bits per heavy atom. The number of nitrogens with one attached hydrogen (secondary N) is 1.